The number of anilines is 1. The van der Waals surface area contributed by atoms with E-state index in [1.165, 1.54) is 37.6 Å². The summed E-state index contributed by atoms with van der Waals surface area (Å²) >= 11 is 3.51. The zero-order valence-electron chi connectivity index (χ0n) is 21.9. The van der Waals surface area contributed by atoms with E-state index >= 15 is 0 Å². The lowest BCUT2D eigenvalue weighted by molar-refractivity contribution is 0.0947. The number of nitrogens with zero attached hydrogens (tertiary/aromatic N) is 6. The monoisotopic (exact) mass is 636 g/mol. The average molecular weight is 637 g/mol. The predicted octanol–water partition coefficient (Wildman–Crippen LogP) is 4.06. The molecule has 0 aliphatic heterocycles. The van der Waals surface area contributed by atoms with Crippen molar-refractivity contribution in [2.45, 2.75) is 13.2 Å². The molecule has 0 saturated carbocycles. The average Bonchev–Trinajstić information content (AvgIpc) is 3.62. The van der Waals surface area contributed by atoms with Gasteiger partial charge in [0.05, 0.1) is 17.8 Å². The van der Waals surface area contributed by atoms with Gasteiger partial charge in [0, 0.05) is 0 Å². The molecule has 1 amide bonds. The van der Waals surface area contributed by atoms with Crippen LogP contribution >= 0.6 is 15.9 Å². The minimum Gasteiger partial charge on any atom is -0.493 e. The first kappa shape index (κ1) is 28.2. The van der Waals surface area contributed by atoms with E-state index < -0.39 is 11.7 Å². The van der Waals surface area contributed by atoms with Crippen molar-refractivity contribution in [3.63, 3.8) is 0 Å². The quantitative estimate of drug-likeness (QED) is 0.159. The predicted molar refractivity (Wildman–Crippen MR) is 151 cm³/mol. The summed E-state index contributed by atoms with van der Waals surface area (Å²) in [7, 11) is 1.52. The number of nitrogens with one attached hydrogen (secondary N) is 1. The summed E-state index contributed by atoms with van der Waals surface area (Å²) in [6, 6.07) is 18.5. The van der Waals surface area contributed by atoms with E-state index in [0.717, 1.165) is 10.2 Å². The van der Waals surface area contributed by atoms with Crippen LogP contribution in [0.1, 0.15) is 27.3 Å². The number of hydrazone groups is 1. The summed E-state index contributed by atoms with van der Waals surface area (Å²) in [4.78, 5) is 13.1. The summed E-state index contributed by atoms with van der Waals surface area (Å²) in [6.45, 7) is 0.148. The van der Waals surface area contributed by atoms with Crippen molar-refractivity contribution in [2.24, 2.45) is 5.10 Å². The Balaban J connectivity index is 1.32. The number of benzene rings is 3. The Morgan fingerprint density at radius 1 is 1.12 bits per heavy atom. The van der Waals surface area contributed by atoms with Crippen LogP contribution in [-0.4, -0.2) is 44.5 Å². The number of aromatic nitrogens is 5. The Morgan fingerprint density at radius 2 is 1.90 bits per heavy atom. The van der Waals surface area contributed by atoms with Crippen molar-refractivity contribution in [2.75, 3.05) is 12.8 Å². The van der Waals surface area contributed by atoms with E-state index in [1.54, 1.807) is 12.1 Å². The summed E-state index contributed by atoms with van der Waals surface area (Å²) in [6.07, 6.45) is 1.42. The molecule has 2 aromatic heterocycles. The highest BCUT2D eigenvalue weighted by Crippen LogP contribution is 2.37. The molecule has 0 bridgehead atoms. The molecule has 0 saturated heterocycles. The van der Waals surface area contributed by atoms with Gasteiger partial charge in [-0.25, -0.2) is 14.4 Å². The Kier molecular flexibility index (Phi) is 8.67. The zero-order chi connectivity index (χ0) is 29.5. The Labute approximate surface area is 246 Å². The van der Waals surface area contributed by atoms with Crippen molar-refractivity contribution in [3.05, 3.63) is 99.5 Å². The number of nitrogen functional groups attached to an aromatic ring is 1. The fourth-order valence-corrected chi connectivity index (χ4v) is 4.27. The van der Waals surface area contributed by atoms with E-state index in [1.807, 2.05) is 30.3 Å². The number of methoxy groups -OCH3 is 1. The molecule has 214 valence electrons. The molecule has 0 fully saturated rings. The van der Waals surface area contributed by atoms with Crippen LogP contribution < -0.4 is 25.4 Å². The lowest BCUT2D eigenvalue weighted by Crippen LogP contribution is -2.21. The Morgan fingerprint density at radius 3 is 2.62 bits per heavy atom. The second-order valence-electron chi connectivity index (χ2n) is 8.52. The molecule has 13 nitrogen and oxygen atoms in total. The standard InChI is InChI=1S/C27H22BrFN8O5/c1-39-22-12-17(11-20(28)24(22)41-14-16-5-3-2-4-6-16)13-31-33-27(38)23-21(15-40-19-9-7-18(29)8-10-19)37(36-32-23)26-25(30)34-42-35-26/h2-13H,14-15H2,1H3,(H2,30,34)(H,33,38)/b31-13+. The van der Waals surface area contributed by atoms with Crippen LogP contribution in [0.5, 0.6) is 17.2 Å². The Hall–Kier alpha value is -5.31. The molecule has 0 radical (unpaired) electrons. The number of carbonyl (C=O) groups excluding carboxylic acids is 1. The maximum absolute atomic E-state index is 13.3. The van der Waals surface area contributed by atoms with Gasteiger partial charge in [0.25, 0.3) is 5.91 Å². The molecule has 0 spiro atoms. The van der Waals surface area contributed by atoms with E-state index in [9.17, 15) is 9.18 Å². The van der Waals surface area contributed by atoms with Gasteiger partial charge in [-0.15, -0.1) is 5.10 Å². The number of halogens is 2. The summed E-state index contributed by atoms with van der Waals surface area (Å²) in [5, 5.41) is 19.2. The fourth-order valence-electron chi connectivity index (χ4n) is 3.70. The highest BCUT2D eigenvalue weighted by molar-refractivity contribution is 9.10. The minimum atomic E-state index is -0.695. The molecule has 15 heteroatoms. The third-order valence-electron chi connectivity index (χ3n) is 5.72. The van der Waals surface area contributed by atoms with Crippen LogP contribution in [0.4, 0.5) is 10.2 Å². The van der Waals surface area contributed by atoms with Crippen LogP contribution in [-0.2, 0) is 13.2 Å². The zero-order valence-corrected chi connectivity index (χ0v) is 23.5. The van der Waals surface area contributed by atoms with Gasteiger partial charge in [0.15, 0.2) is 17.2 Å². The third-order valence-corrected chi connectivity index (χ3v) is 6.31. The second kappa shape index (κ2) is 12.9. The fraction of sp³-hybridized carbons (Fsp3) is 0.111. The summed E-state index contributed by atoms with van der Waals surface area (Å²) in [5.74, 6) is 0.140. The molecule has 5 rings (SSSR count). The maximum atomic E-state index is 13.3. The van der Waals surface area contributed by atoms with Gasteiger partial charge in [-0.05, 0) is 73.8 Å². The molecule has 0 atom stereocenters. The van der Waals surface area contributed by atoms with Gasteiger partial charge in [-0.1, -0.05) is 35.5 Å². The van der Waals surface area contributed by atoms with E-state index in [4.69, 9.17) is 19.9 Å². The van der Waals surface area contributed by atoms with Gasteiger partial charge in [-0.3, -0.25) is 4.79 Å². The van der Waals surface area contributed by atoms with Crippen molar-refractivity contribution in [3.8, 4) is 23.1 Å². The molecule has 0 unspecified atom stereocenters. The largest absolute Gasteiger partial charge is 0.493 e. The molecule has 0 aliphatic carbocycles. The van der Waals surface area contributed by atoms with Crippen molar-refractivity contribution < 1.29 is 28.0 Å². The molecule has 3 N–H and O–H groups in total. The maximum Gasteiger partial charge on any atom is 0.293 e. The van der Waals surface area contributed by atoms with Crippen molar-refractivity contribution in [1.29, 1.82) is 0 Å². The summed E-state index contributed by atoms with van der Waals surface area (Å²) < 4.78 is 36.9. The molecule has 5 aromatic rings. The highest BCUT2D eigenvalue weighted by atomic mass is 79.9. The van der Waals surface area contributed by atoms with E-state index in [-0.39, 0.29) is 29.6 Å². The molecular formula is C27H22BrFN8O5. The van der Waals surface area contributed by atoms with Crippen molar-refractivity contribution in [1.82, 2.24) is 30.7 Å². The van der Waals surface area contributed by atoms with Gasteiger partial charge in [0.1, 0.15) is 30.5 Å². The number of nitrogens with two attached hydrogens (primary N) is 1. The number of ether oxygens (including phenoxy) is 3. The van der Waals surface area contributed by atoms with Crippen LogP contribution in [0.3, 0.4) is 0 Å². The minimum absolute atomic E-state index is 0.00859. The van der Waals surface area contributed by atoms with Gasteiger partial charge < -0.3 is 19.9 Å². The third kappa shape index (κ3) is 6.52. The number of hydrogen-bond acceptors (Lipinski definition) is 11. The first-order valence-electron chi connectivity index (χ1n) is 12.2. The molecule has 3 aromatic carbocycles. The summed E-state index contributed by atoms with van der Waals surface area (Å²) in [5.41, 5.74) is 9.87. The molecule has 42 heavy (non-hydrogen) atoms. The molecule has 0 aliphatic rings. The van der Waals surface area contributed by atoms with Gasteiger partial charge in [0.2, 0.25) is 11.6 Å². The lowest BCUT2D eigenvalue weighted by atomic mass is 10.2. The van der Waals surface area contributed by atoms with E-state index in [0.29, 0.717) is 33.9 Å². The first-order chi connectivity index (χ1) is 20.4. The van der Waals surface area contributed by atoms with E-state index in [2.05, 4.69) is 51.7 Å². The lowest BCUT2D eigenvalue weighted by Gasteiger charge is -2.13. The van der Waals surface area contributed by atoms with Crippen LogP contribution in [0, 0.1) is 5.82 Å². The second-order valence-corrected chi connectivity index (χ2v) is 9.37. The number of amides is 1. The smallest absolute Gasteiger partial charge is 0.293 e. The van der Waals surface area contributed by atoms with Gasteiger partial charge >= 0.3 is 0 Å². The van der Waals surface area contributed by atoms with Crippen LogP contribution in [0.15, 0.2) is 80.9 Å². The normalized spacial score (nSPS) is 11.0. The van der Waals surface area contributed by atoms with Gasteiger partial charge in [-0.2, -0.15) is 9.78 Å². The Bertz CT molecular complexity index is 1710. The van der Waals surface area contributed by atoms with Crippen LogP contribution in [0.25, 0.3) is 5.82 Å². The number of hydrogen-bond donors (Lipinski definition) is 2. The van der Waals surface area contributed by atoms with Crippen LogP contribution in [0.2, 0.25) is 0 Å². The SMILES string of the molecule is COc1cc(/C=N/NC(=O)c2nnn(-c3nonc3N)c2COc2ccc(F)cc2)cc(Br)c1OCc1ccccc1. The molecular weight excluding hydrogens is 615 g/mol. The topological polar surface area (TPSA) is 165 Å². The number of rotatable bonds is 11. The first-order valence-corrected chi connectivity index (χ1v) is 13.0. The number of carbonyl (C=O) groups is 1. The van der Waals surface area contributed by atoms with Crippen molar-refractivity contribution >= 4 is 33.9 Å². The highest BCUT2D eigenvalue weighted by Gasteiger charge is 2.24. The molecule has 2 heterocycles.